The van der Waals surface area contributed by atoms with Gasteiger partial charge < -0.3 is 52.8 Å². The fraction of sp³-hybridized carbons (Fsp3) is 0.804. The Morgan fingerprint density at radius 1 is 0.507 bits per heavy atom. The van der Waals surface area contributed by atoms with Gasteiger partial charge in [0.2, 0.25) is 47.3 Å². The Bertz CT molecular complexity index is 1770. The van der Waals surface area contributed by atoms with Gasteiger partial charge in [-0.05, 0) is 74.0 Å². The van der Waals surface area contributed by atoms with E-state index in [0.717, 1.165) is 38.5 Å². The molecule has 1 rings (SSSR count). The second-order valence-corrected chi connectivity index (χ2v) is 21.7. The summed E-state index contributed by atoms with van der Waals surface area (Å²) < 4.78 is 6.01. The maximum Gasteiger partial charge on any atom is 0.329 e. The first kappa shape index (κ1) is 63.7. The van der Waals surface area contributed by atoms with Crippen molar-refractivity contribution in [2.45, 2.75) is 228 Å². The summed E-state index contributed by atoms with van der Waals surface area (Å²) >= 11 is 0. The number of hydrogen-bond donors (Lipinski definition) is 9. The second-order valence-electron chi connectivity index (χ2n) is 21.7. The minimum Gasteiger partial charge on any atom is -0.481 e. The molecule has 71 heavy (non-hydrogen) atoms. The summed E-state index contributed by atoms with van der Waals surface area (Å²) in [4.78, 5) is 136. The lowest BCUT2D eigenvalue weighted by atomic mass is 9.98. The molecule has 0 aromatic carbocycles. The van der Waals surface area contributed by atoms with E-state index in [1.54, 1.807) is 41.5 Å². The lowest BCUT2D eigenvalue weighted by molar-refractivity contribution is -0.156. The van der Waals surface area contributed by atoms with E-state index < -0.39 is 132 Å². The Kier molecular flexibility index (Phi) is 29.3. The van der Waals surface area contributed by atoms with Crippen LogP contribution in [0.1, 0.15) is 179 Å². The molecule has 1 heterocycles. The standard InChI is InChI=1S/C51H90N8O12/c1-28(2)19-17-15-13-14-16-18-20-34-26-41(61)53-35(21-22-40(52)60)45(64)54-36(23-29(3)4)46(65)55-37(24-30(5)6)48(67)58-43(32(9)10)50(69)57-39(27-42(62)63)47(66)56-38(25-31(7)8)49(68)59-44(33(11)12)51(70)71-34/h28-39,43-44H,13-27H2,1-12H3,(H2,52,60)(H,53,61)(H,54,64)(H,55,65)(H,56,66)(H,57,69)(H,58,67)(H,59,68)(H,62,63)/t34?,35-,36-,37+,38+,39-,43-,44-/m0/s1. The van der Waals surface area contributed by atoms with Crippen molar-refractivity contribution in [2.75, 3.05) is 0 Å². The summed E-state index contributed by atoms with van der Waals surface area (Å²) in [6, 6.07) is -9.50. The first-order valence-electron chi connectivity index (χ1n) is 25.9. The number of cyclic esters (lactones) is 1. The number of aliphatic carboxylic acids is 1. The van der Waals surface area contributed by atoms with Gasteiger partial charge in [-0.2, -0.15) is 0 Å². The summed E-state index contributed by atoms with van der Waals surface area (Å²) in [5, 5.41) is 28.3. The average Bonchev–Trinajstić information content (AvgIpc) is 3.24. The van der Waals surface area contributed by atoms with Crippen molar-refractivity contribution in [3.63, 3.8) is 0 Å². The highest BCUT2D eigenvalue weighted by Gasteiger charge is 2.37. The normalized spacial score (nSPS) is 24.4. The Balaban J connectivity index is 3.95. The molecule has 1 aliphatic rings. The third-order valence-electron chi connectivity index (χ3n) is 12.1. The molecule has 0 spiro atoms. The van der Waals surface area contributed by atoms with Crippen molar-refractivity contribution >= 4 is 59.2 Å². The molecular weight excluding hydrogens is 917 g/mol. The molecule has 1 saturated heterocycles. The van der Waals surface area contributed by atoms with E-state index in [9.17, 15) is 53.1 Å². The zero-order valence-corrected chi connectivity index (χ0v) is 44.7. The Hall–Kier alpha value is -5.30. The van der Waals surface area contributed by atoms with Gasteiger partial charge in [-0.25, -0.2) is 4.79 Å². The summed E-state index contributed by atoms with van der Waals surface area (Å²) in [5.74, 6) is -9.89. The largest absolute Gasteiger partial charge is 0.481 e. The SMILES string of the molecule is CC(C)CCCCCCCCC1CC(=O)N[C@@H](CCC(N)=O)C(=O)N[C@@H](CC(C)C)C(=O)N[C@H](CC(C)C)C(=O)N[C@@H](C(C)C)C(=O)N[C@@H](CC(=O)O)C(=O)N[C@H](CC(C)C)C(=O)N[C@@H](C(C)C)C(=O)O1. The lowest BCUT2D eigenvalue weighted by Gasteiger charge is -2.29. The van der Waals surface area contributed by atoms with Crippen LogP contribution in [0.5, 0.6) is 0 Å². The van der Waals surface area contributed by atoms with Crippen molar-refractivity contribution in [3.05, 3.63) is 0 Å². The summed E-state index contributed by atoms with van der Waals surface area (Å²) in [6.45, 7) is 21.8. The number of carboxylic acid groups (broad SMARTS) is 1. The zero-order chi connectivity index (χ0) is 54.1. The fourth-order valence-corrected chi connectivity index (χ4v) is 8.20. The predicted molar refractivity (Wildman–Crippen MR) is 269 cm³/mol. The van der Waals surface area contributed by atoms with E-state index in [4.69, 9.17) is 10.5 Å². The van der Waals surface area contributed by atoms with Gasteiger partial charge in [0.05, 0.1) is 12.8 Å². The minimum atomic E-state index is -1.72. The lowest BCUT2D eigenvalue weighted by Crippen LogP contribution is -2.61. The van der Waals surface area contributed by atoms with Gasteiger partial charge >= 0.3 is 11.9 Å². The number of carbonyl (C=O) groups excluding carboxylic acids is 9. The van der Waals surface area contributed by atoms with Crippen LogP contribution in [0.2, 0.25) is 0 Å². The summed E-state index contributed by atoms with van der Waals surface area (Å²) in [5.41, 5.74) is 5.48. The molecule has 1 unspecified atom stereocenters. The third kappa shape index (κ3) is 26.1. The number of unbranched alkanes of at least 4 members (excludes halogenated alkanes) is 5. The monoisotopic (exact) mass is 1010 g/mol. The number of ether oxygens (including phenoxy) is 1. The highest BCUT2D eigenvalue weighted by atomic mass is 16.5. The zero-order valence-electron chi connectivity index (χ0n) is 44.7. The van der Waals surface area contributed by atoms with Gasteiger partial charge in [0.25, 0.3) is 0 Å². The molecule has 8 atom stereocenters. The van der Waals surface area contributed by atoms with Crippen LogP contribution in [0.4, 0.5) is 0 Å². The van der Waals surface area contributed by atoms with Crippen molar-refractivity contribution < 1.29 is 57.8 Å². The predicted octanol–water partition coefficient (Wildman–Crippen LogP) is 3.66. The smallest absolute Gasteiger partial charge is 0.329 e. The third-order valence-corrected chi connectivity index (χ3v) is 12.1. The molecule has 0 aromatic heterocycles. The van der Waals surface area contributed by atoms with Crippen LogP contribution < -0.4 is 43.0 Å². The van der Waals surface area contributed by atoms with Crippen molar-refractivity contribution in [1.29, 1.82) is 0 Å². The van der Waals surface area contributed by atoms with E-state index in [2.05, 4.69) is 51.1 Å². The van der Waals surface area contributed by atoms with E-state index in [0.29, 0.717) is 12.3 Å². The number of rotatable bonds is 22. The van der Waals surface area contributed by atoms with Gasteiger partial charge in [0, 0.05) is 6.42 Å². The van der Waals surface area contributed by atoms with E-state index in [-0.39, 0.29) is 56.3 Å². The quantitative estimate of drug-likeness (QED) is 0.0555. The molecule has 0 bridgehead atoms. The van der Waals surface area contributed by atoms with Crippen molar-refractivity contribution in [3.8, 4) is 0 Å². The molecule has 1 fully saturated rings. The van der Waals surface area contributed by atoms with Crippen LogP contribution in [0.15, 0.2) is 0 Å². The molecule has 10 N–H and O–H groups in total. The molecule has 0 aliphatic carbocycles. The molecule has 20 nitrogen and oxygen atoms in total. The molecule has 0 aromatic rings. The van der Waals surface area contributed by atoms with Gasteiger partial charge in [-0.3, -0.25) is 43.2 Å². The van der Waals surface area contributed by atoms with Crippen LogP contribution in [0.25, 0.3) is 0 Å². The number of carboxylic acids is 1. The average molecular weight is 1010 g/mol. The minimum absolute atomic E-state index is 0.0433. The topological polar surface area (TPSA) is 310 Å². The molecule has 406 valence electrons. The molecule has 0 saturated carbocycles. The summed E-state index contributed by atoms with van der Waals surface area (Å²) in [7, 11) is 0. The van der Waals surface area contributed by atoms with Crippen molar-refractivity contribution in [1.82, 2.24) is 37.2 Å². The number of nitrogens with two attached hydrogens (primary N) is 1. The number of amides is 8. The Morgan fingerprint density at radius 2 is 0.915 bits per heavy atom. The molecule has 0 radical (unpaired) electrons. The highest BCUT2D eigenvalue weighted by Crippen LogP contribution is 2.19. The fourth-order valence-electron chi connectivity index (χ4n) is 8.20. The van der Waals surface area contributed by atoms with Gasteiger partial charge in [-0.1, -0.05) is 122 Å². The van der Waals surface area contributed by atoms with Crippen LogP contribution >= 0.6 is 0 Å². The molecule has 1 aliphatic heterocycles. The second kappa shape index (κ2) is 32.6. The maximum absolute atomic E-state index is 14.1. The molecule has 8 amide bonds. The van der Waals surface area contributed by atoms with Crippen molar-refractivity contribution in [2.24, 2.45) is 41.2 Å². The number of primary amides is 1. The Labute approximate surface area is 422 Å². The van der Waals surface area contributed by atoms with E-state index >= 15 is 0 Å². The number of esters is 1. The van der Waals surface area contributed by atoms with Crippen LogP contribution in [-0.2, 0) is 52.7 Å². The Morgan fingerprint density at radius 3 is 1.35 bits per heavy atom. The molecular formula is C51H90N8O12. The van der Waals surface area contributed by atoms with Gasteiger partial charge in [0.1, 0.15) is 48.4 Å². The van der Waals surface area contributed by atoms with Crippen LogP contribution in [0, 0.1) is 35.5 Å². The van der Waals surface area contributed by atoms with Gasteiger partial charge in [-0.15, -0.1) is 0 Å². The number of nitrogens with one attached hydrogen (secondary N) is 7. The highest BCUT2D eigenvalue weighted by molar-refractivity contribution is 5.98. The maximum atomic E-state index is 14.1. The number of hydrogen-bond acceptors (Lipinski definition) is 11. The first-order valence-corrected chi connectivity index (χ1v) is 25.9. The molecule has 20 heteroatoms. The van der Waals surface area contributed by atoms with Gasteiger partial charge in [0.15, 0.2) is 0 Å². The van der Waals surface area contributed by atoms with Crippen LogP contribution in [-0.4, -0.2) is 113 Å². The van der Waals surface area contributed by atoms with E-state index in [1.807, 2.05) is 27.7 Å². The number of carbonyl (C=O) groups is 10. The van der Waals surface area contributed by atoms with Crippen LogP contribution in [0.3, 0.4) is 0 Å². The van der Waals surface area contributed by atoms with E-state index in [1.165, 1.54) is 0 Å². The first-order chi connectivity index (χ1) is 33.1. The summed E-state index contributed by atoms with van der Waals surface area (Å²) in [6.07, 6.45) is 4.23.